The van der Waals surface area contributed by atoms with Crippen molar-refractivity contribution < 1.29 is 92.7 Å². The molecule has 0 aliphatic carbocycles. The van der Waals surface area contributed by atoms with Crippen LogP contribution in [0, 0.1) is 0 Å². The molecule has 0 aromatic heterocycles. The molecular weight excluding hydrogens is 613 g/mol. The molecule has 0 bridgehead atoms. The quantitative estimate of drug-likeness (QED) is 0.150. The number of rotatable bonds is 13. The summed E-state index contributed by atoms with van der Waals surface area (Å²) in [5, 5.41) is -7.82. The van der Waals surface area contributed by atoms with Gasteiger partial charge >= 0.3 is 57.0 Å². The van der Waals surface area contributed by atoms with Crippen molar-refractivity contribution in [2.24, 2.45) is 0 Å². The second-order valence-corrected chi connectivity index (χ2v) is 8.92. The number of ketones is 1. The maximum absolute atomic E-state index is 14.2. The first kappa shape index (κ1) is 36.1. The lowest BCUT2D eigenvalue weighted by Gasteiger charge is -2.42. The van der Waals surface area contributed by atoms with E-state index in [4.69, 9.17) is 0 Å². The van der Waals surface area contributed by atoms with Gasteiger partial charge < -0.3 is 0 Å². The van der Waals surface area contributed by atoms with Gasteiger partial charge in [0.15, 0.2) is 5.78 Å². The smallest absolute Gasteiger partial charge is 0.293 e. The highest BCUT2D eigenvalue weighted by Gasteiger charge is 2.96. The highest BCUT2D eigenvalue weighted by molar-refractivity contribution is 7.90. The van der Waals surface area contributed by atoms with Crippen molar-refractivity contribution in [3.63, 3.8) is 0 Å². The van der Waals surface area contributed by atoms with Crippen molar-refractivity contribution in [1.29, 1.82) is 0 Å². The van der Waals surface area contributed by atoms with Crippen molar-refractivity contribution >= 4 is 15.8 Å². The maximum atomic E-state index is 14.2. The Morgan fingerprint density at radius 2 is 1.00 bits per heavy atom. The number of nitrogens with zero attached hydrogens (tertiary/aromatic N) is 1. The Labute approximate surface area is 200 Å². The first-order chi connectivity index (χ1) is 16.3. The van der Waals surface area contributed by atoms with Crippen LogP contribution in [0.15, 0.2) is 12.2 Å². The van der Waals surface area contributed by atoms with Crippen molar-refractivity contribution in [3.05, 3.63) is 12.2 Å². The monoisotopic (exact) mass is 625 g/mol. The summed E-state index contributed by atoms with van der Waals surface area (Å²) in [6, 6.07) is 0. The molecule has 0 N–H and O–H groups in total. The molecule has 0 fully saturated rings. The number of hydroxylamine groups is 1. The topological polar surface area (TPSA) is 63.7 Å². The van der Waals surface area contributed by atoms with Crippen LogP contribution in [0.5, 0.6) is 0 Å². The highest BCUT2D eigenvalue weighted by Crippen LogP contribution is 2.64. The SMILES string of the molecule is C=C(C)C(=O)CN(OCC)S(=O)(=O)C(F)(F)C(F)(F)C(F)(F)C(F)(F)C(F)(F)C(F)(F)C(F)(F)C(F)(F)F. The fraction of sp³-hybridized carbons (Fsp3) is 0.800. The molecule has 23 heteroatoms. The predicted molar refractivity (Wildman–Crippen MR) is 87.8 cm³/mol. The van der Waals surface area contributed by atoms with Crippen LogP contribution in [0.25, 0.3) is 0 Å². The third kappa shape index (κ3) is 4.92. The Hall–Kier alpha value is -1.91. The molecule has 0 aliphatic rings. The van der Waals surface area contributed by atoms with Gasteiger partial charge in [0, 0.05) is 0 Å². The van der Waals surface area contributed by atoms with E-state index in [-0.39, 0.29) is 0 Å². The van der Waals surface area contributed by atoms with Crippen molar-refractivity contribution in [2.75, 3.05) is 13.2 Å². The van der Waals surface area contributed by atoms with E-state index >= 15 is 0 Å². The van der Waals surface area contributed by atoms with Crippen LogP contribution < -0.4 is 0 Å². The van der Waals surface area contributed by atoms with Gasteiger partial charge in [-0.2, -0.15) is 74.6 Å². The number of hydrogen-bond donors (Lipinski definition) is 0. The van der Waals surface area contributed by atoms with Gasteiger partial charge in [-0.05, 0) is 19.4 Å². The zero-order valence-electron chi connectivity index (χ0n) is 18.0. The summed E-state index contributed by atoms with van der Waals surface area (Å²) in [5.74, 6) is -54.0. The van der Waals surface area contributed by atoms with E-state index in [0.717, 1.165) is 6.92 Å². The molecule has 0 saturated heterocycles. The molecule has 0 saturated carbocycles. The van der Waals surface area contributed by atoms with Crippen LogP contribution in [0.3, 0.4) is 0 Å². The molecule has 0 aromatic carbocycles. The highest BCUT2D eigenvalue weighted by atomic mass is 32.2. The summed E-state index contributed by atoms with van der Waals surface area (Å²) in [6.45, 7) is 0.949. The van der Waals surface area contributed by atoms with E-state index in [1.54, 1.807) is 0 Å². The molecule has 0 aromatic rings. The third-order valence-corrected chi connectivity index (χ3v) is 5.98. The summed E-state index contributed by atoms with van der Waals surface area (Å²) >= 11 is 0. The van der Waals surface area contributed by atoms with E-state index in [9.17, 15) is 87.8 Å². The Morgan fingerprint density at radius 3 is 1.29 bits per heavy atom. The van der Waals surface area contributed by atoms with Gasteiger partial charge in [-0.15, -0.1) is 0 Å². The minimum atomic E-state index is -8.95. The van der Waals surface area contributed by atoms with E-state index in [0.29, 0.717) is 6.92 Å². The fourth-order valence-corrected chi connectivity index (χ4v) is 3.27. The van der Waals surface area contributed by atoms with Crippen molar-refractivity contribution in [1.82, 2.24) is 4.47 Å². The summed E-state index contributed by atoms with van der Waals surface area (Å²) in [6.07, 6.45) is -7.92. The number of halogens is 17. The molecule has 0 atom stereocenters. The molecule has 0 amide bonds. The van der Waals surface area contributed by atoms with E-state index in [2.05, 4.69) is 11.4 Å². The van der Waals surface area contributed by atoms with Crippen LogP contribution in [0.1, 0.15) is 13.8 Å². The van der Waals surface area contributed by atoms with E-state index in [1.807, 2.05) is 0 Å². The molecule has 38 heavy (non-hydrogen) atoms. The standard InChI is InChI=1S/C15H12F17NO4S/c1-4-37-33(5-7(34)6(2)3)38(35,36)15(31,32)13(26,27)11(22,23)9(18,19)8(16,17)10(20,21)12(24,25)14(28,29)30/h2,4-5H2,1,3H3. The van der Waals surface area contributed by atoms with Crippen LogP contribution >= 0.6 is 0 Å². The molecule has 0 unspecified atom stereocenters. The average Bonchev–Trinajstić information content (AvgIpc) is 2.71. The predicted octanol–water partition coefficient (Wildman–Crippen LogP) is 5.68. The minimum Gasteiger partial charge on any atom is -0.293 e. The Morgan fingerprint density at radius 1 is 0.684 bits per heavy atom. The zero-order chi connectivity index (χ0) is 31.4. The molecule has 226 valence electrons. The van der Waals surface area contributed by atoms with Gasteiger partial charge in [0.1, 0.15) is 6.54 Å². The molecule has 0 rings (SSSR count). The molecular formula is C15H12F17NO4S. The summed E-state index contributed by atoms with van der Waals surface area (Å²) < 4.78 is 249. The lowest BCUT2D eigenvalue weighted by Crippen LogP contribution is -2.75. The minimum absolute atomic E-state index is 0.677. The number of sulfonamides is 1. The molecule has 5 nitrogen and oxygen atoms in total. The van der Waals surface area contributed by atoms with Gasteiger partial charge in [0.2, 0.25) is 0 Å². The summed E-state index contributed by atoms with van der Waals surface area (Å²) in [7, 11) is -7.73. The molecule has 0 radical (unpaired) electrons. The Balaban J connectivity index is 7.10. The zero-order valence-corrected chi connectivity index (χ0v) is 18.9. The van der Waals surface area contributed by atoms with E-state index < -0.39 is 86.0 Å². The number of hydrogen-bond acceptors (Lipinski definition) is 4. The van der Waals surface area contributed by atoms with Gasteiger partial charge in [-0.3, -0.25) is 9.63 Å². The maximum Gasteiger partial charge on any atom is 0.460 e. The summed E-state index contributed by atoms with van der Waals surface area (Å²) in [5.41, 5.74) is -0.746. The first-order valence-corrected chi connectivity index (χ1v) is 10.3. The normalized spacial score (nSPS) is 15.7. The van der Waals surface area contributed by atoms with E-state index in [1.165, 1.54) is 0 Å². The second kappa shape index (κ2) is 9.93. The van der Waals surface area contributed by atoms with Crippen LogP contribution in [0.2, 0.25) is 0 Å². The Kier molecular flexibility index (Phi) is 9.43. The summed E-state index contributed by atoms with van der Waals surface area (Å²) in [4.78, 5) is 15.3. The first-order valence-electron chi connectivity index (χ1n) is 8.84. The molecule has 0 aliphatic heterocycles. The average molecular weight is 625 g/mol. The van der Waals surface area contributed by atoms with Gasteiger partial charge in [0.05, 0.1) is 6.61 Å². The largest absolute Gasteiger partial charge is 0.460 e. The van der Waals surface area contributed by atoms with Crippen molar-refractivity contribution in [2.45, 2.75) is 60.8 Å². The third-order valence-electron chi connectivity index (χ3n) is 4.31. The number of Topliss-reactive ketones (excluding diaryl/α,β-unsaturated/α-hetero) is 1. The number of alkyl halides is 17. The van der Waals surface area contributed by atoms with Crippen molar-refractivity contribution in [3.8, 4) is 0 Å². The van der Waals surface area contributed by atoms with Crippen LogP contribution in [-0.4, -0.2) is 78.8 Å². The molecule has 0 spiro atoms. The van der Waals surface area contributed by atoms with Crippen LogP contribution in [-0.2, 0) is 19.7 Å². The van der Waals surface area contributed by atoms with Gasteiger partial charge in [-0.1, -0.05) is 11.0 Å². The number of carbonyl (C=O) groups excluding carboxylic acids is 1. The molecule has 0 heterocycles. The second-order valence-electron chi connectivity index (χ2n) is 7.05. The van der Waals surface area contributed by atoms with Gasteiger partial charge in [-0.25, -0.2) is 8.42 Å². The van der Waals surface area contributed by atoms with Gasteiger partial charge in [0.25, 0.3) is 0 Å². The number of carbonyl (C=O) groups is 1. The fourth-order valence-electron chi connectivity index (χ4n) is 2.04. The Bertz CT molecular complexity index is 1020. The lowest BCUT2D eigenvalue weighted by molar-refractivity contribution is -0.458. The lowest BCUT2D eigenvalue weighted by atomic mass is 9.91. The van der Waals surface area contributed by atoms with Crippen LogP contribution in [0.4, 0.5) is 74.6 Å².